The Morgan fingerprint density at radius 3 is 1.96 bits per heavy atom. The molecule has 15 rings (SSSR count). The molecule has 4 aliphatic carbocycles. The van der Waals surface area contributed by atoms with Gasteiger partial charge in [0.2, 0.25) is 0 Å². The van der Waals surface area contributed by atoms with E-state index in [9.17, 15) is 0 Å². The zero-order valence-corrected chi connectivity index (χ0v) is 46.5. The van der Waals surface area contributed by atoms with Crippen molar-refractivity contribution in [1.29, 1.82) is 0 Å². The molecule has 386 valence electrons. The van der Waals surface area contributed by atoms with Gasteiger partial charge in [0.25, 0.3) is 0 Å². The highest BCUT2D eigenvalue weighted by Gasteiger charge is 2.61. The molecule has 7 heteroatoms. The second kappa shape index (κ2) is 17.4. The zero-order chi connectivity index (χ0) is 52.8. The van der Waals surface area contributed by atoms with E-state index in [4.69, 9.17) is 9.72 Å². The summed E-state index contributed by atoms with van der Waals surface area (Å²) in [7, 11) is 0. The van der Waals surface area contributed by atoms with Crippen LogP contribution >= 0.6 is 0 Å². The summed E-state index contributed by atoms with van der Waals surface area (Å²) in [6.07, 6.45) is 18.3. The van der Waals surface area contributed by atoms with Crippen molar-refractivity contribution in [3.63, 3.8) is 0 Å². The minimum Gasteiger partial charge on any atom is -0.457 e. The Bertz CT molecular complexity index is 3720. The van der Waals surface area contributed by atoms with E-state index >= 15 is 0 Å². The smallest absolute Gasteiger partial charge is 0.316 e. The Hall–Kier alpha value is -7.25. The van der Waals surface area contributed by atoms with Gasteiger partial charge in [-0.05, 0) is 173 Å². The van der Waals surface area contributed by atoms with Gasteiger partial charge in [-0.2, -0.15) is 0 Å². The number of para-hydroxylation sites is 5. The second-order valence-electron chi connectivity index (χ2n) is 26.6. The summed E-state index contributed by atoms with van der Waals surface area (Å²) in [6, 6.07) is 52.0. The van der Waals surface area contributed by atoms with Crippen LogP contribution in [0.4, 0.5) is 28.4 Å². The highest BCUT2D eigenvalue weighted by atomic mass is 16.5. The van der Waals surface area contributed by atoms with E-state index in [-0.39, 0.29) is 28.5 Å². The van der Waals surface area contributed by atoms with Crippen LogP contribution in [0.25, 0.3) is 33.7 Å². The summed E-state index contributed by atoms with van der Waals surface area (Å²) in [5.41, 5.74) is 16.2. The number of allylic oxidation sites excluding steroid dienone is 3. The number of anilines is 5. The van der Waals surface area contributed by atoms with Crippen molar-refractivity contribution in [2.75, 3.05) is 21.3 Å². The molecule has 0 spiro atoms. The van der Waals surface area contributed by atoms with Crippen LogP contribution in [0.15, 0.2) is 176 Å². The summed E-state index contributed by atoms with van der Waals surface area (Å²) in [5, 5.41) is 2.40. The third-order valence-electron chi connectivity index (χ3n) is 18.8. The second-order valence-corrected chi connectivity index (χ2v) is 26.6. The molecule has 4 saturated carbocycles. The van der Waals surface area contributed by atoms with E-state index in [2.05, 4.69) is 258 Å². The molecule has 0 atom stereocenters. The Morgan fingerprint density at radius 2 is 1.25 bits per heavy atom. The Kier molecular flexibility index (Phi) is 10.9. The van der Waals surface area contributed by atoms with Crippen LogP contribution in [0.2, 0.25) is 0 Å². The normalized spacial score (nSPS) is 22.5. The fourth-order valence-corrected chi connectivity index (χ4v) is 15.6. The molecule has 6 nitrogen and oxygen atoms in total. The molecule has 0 amide bonds. The molecular formula is C70H72BN5O. The molecular weight excluding hydrogens is 938 g/mol. The number of hydrogen-bond acceptors (Lipinski definition) is 5. The van der Waals surface area contributed by atoms with Gasteiger partial charge in [0, 0.05) is 45.9 Å². The van der Waals surface area contributed by atoms with Gasteiger partial charge in [-0.25, -0.2) is 4.98 Å². The lowest BCUT2D eigenvalue weighted by Gasteiger charge is -2.63. The van der Waals surface area contributed by atoms with Crippen LogP contribution in [-0.2, 0) is 21.7 Å². The average Bonchev–Trinajstić information content (AvgIpc) is 4.06. The van der Waals surface area contributed by atoms with Gasteiger partial charge >= 0.3 is 6.85 Å². The predicted octanol–water partition coefficient (Wildman–Crippen LogP) is 17.9. The molecule has 5 heterocycles. The summed E-state index contributed by atoms with van der Waals surface area (Å²) < 4.78 is 9.61. The first-order valence-electron chi connectivity index (χ1n) is 28.6. The number of fused-ring (bicyclic) bond motifs is 7. The summed E-state index contributed by atoms with van der Waals surface area (Å²) in [4.78, 5) is 12.9. The fraction of sp³-hybridized carbons (Fsp3) is 0.329. The van der Waals surface area contributed by atoms with Gasteiger partial charge in [0.15, 0.2) is 0 Å². The molecule has 6 aromatic carbocycles. The van der Waals surface area contributed by atoms with Crippen molar-refractivity contribution < 1.29 is 4.74 Å². The predicted molar refractivity (Wildman–Crippen MR) is 323 cm³/mol. The third-order valence-corrected chi connectivity index (χ3v) is 18.8. The lowest BCUT2D eigenvalue weighted by Crippen LogP contribution is -2.60. The molecule has 77 heavy (non-hydrogen) atoms. The van der Waals surface area contributed by atoms with Crippen molar-refractivity contribution >= 4 is 63.2 Å². The molecule has 8 aromatic rings. The summed E-state index contributed by atoms with van der Waals surface area (Å²) >= 11 is 0. The molecule has 0 N–H and O–H groups in total. The fourth-order valence-electron chi connectivity index (χ4n) is 15.6. The average molecular weight is 1010 g/mol. The number of hydrogen-bond donors (Lipinski definition) is 0. The van der Waals surface area contributed by atoms with Crippen LogP contribution in [0.5, 0.6) is 11.5 Å². The third kappa shape index (κ3) is 7.68. The van der Waals surface area contributed by atoms with Gasteiger partial charge in [0.05, 0.1) is 28.1 Å². The van der Waals surface area contributed by atoms with E-state index in [1.165, 1.54) is 93.4 Å². The molecule has 2 aromatic heterocycles. The SMILES string of the molecule is CC(C)(C)c1cc(Oc2ccc3c4ccccc4n(-c4cc(C5(C6=CC=CN7B6C=Cc6ccccc67)C6CC7CC(C6)CC5C7)ccn4)c3c2)cc(N2CN(c3c(C(C)(C)C)cccc3C(C)(C)C)c3ccccc32)c1. The molecule has 4 bridgehead atoms. The number of aromatic nitrogens is 2. The Morgan fingerprint density at radius 1 is 0.584 bits per heavy atom. The maximum absolute atomic E-state index is 7.19. The molecule has 0 radical (unpaired) electrons. The minimum absolute atomic E-state index is 0.0533. The maximum atomic E-state index is 7.19. The van der Waals surface area contributed by atoms with Gasteiger partial charge in [-0.1, -0.05) is 153 Å². The quantitative estimate of drug-likeness (QED) is 0.149. The van der Waals surface area contributed by atoms with Gasteiger partial charge in [-0.3, -0.25) is 4.57 Å². The van der Waals surface area contributed by atoms with E-state index in [1.807, 2.05) is 0 Å². The summed E-state index contributed by atoms with van der Waals surface area (Å²) in [6.45, 7) is 21.8. The number of rotatable bonds is 7. The standard InChI is InChI=1S/C70H72BN5O/c1-67(2,3)49-39-52(73-44-74(62-25-15-14-24-61(62)73)66-57(68(4,5)6)20-16-21-58(66)69(7,8)9)42-54(40-49)77-53-27-28-56-55-19-11-13-23-60(55)76(63(56)43-53)65-41-48(30-32-72-65)70(50-35-45-34-46(37-50)38-51(70)36-45)64-26-17-33-75-59-22-12-10-18-47(59)29-31-71(64)75/h10-33,39-43,45-46,50-51H,34-38,44H2,1-9H3. The van der Waals surface area contributed by atoms with E-state index in [0.29, 0.717) is 18.5 Å². The van der Waals surface area contributed by atoms with Crippen molar-refractivity contribution in [3.8, 4) is 17.3 Å². The summed E-state index contributed by atoms with van der Waals surface area (Å²) in [5.74, 6) is 7.90. The number of nitrogens with zero attached hydrogens (tertiary/aromatic N) is 5. The molecule has 3 aliphatic heterocycles. The zero-order valence-electron chi connectivity index (χ0n) is 46.5. The van der Waals surface area contributed by atoms with Gasteiger partial charge in [0.1, 0.15) is 24.0 Å². The Balaban J connectivity index is 0.870. The lowest BCUT2D eigenvalue weighted by molar-refractivity contribution is -0.0408. The molecule has 4 fully saturated rings. The van der Waals surface area contributed by atoms with E-state index in [1.54, 1.807) is 5.47 Å². The van der Waals surface area contributed by atoms with Crippen LogP contribution in [-0.4, -0.2) is 23.1 Å². The number of benzene rings is 6. The largest absolute Gasteiger partial charge is 0.457 e. The van der Waals surface area contributed by atoms with Crippen LogP contribution < -0.4 is 19.3 Å². The first-order valence-corrected chi connectivity index (χ1v) is 28.6. The topological polar surface area (TPSA) is 36.8 Å². The number of ether oxygens (including phenoxy) is 1. The van der Waals surface area contributed by atoms with E-state index in [0.717, 1.165) is 45.9 Å². The molecule has 0 saturated heterocycles. The first-order chi connectivity index (χ1) is 37.0. The van der Waals surface area contributed by atoms with Crippen molar-refractivity contribution in [3.05, 3.63) is 203 Å². The highest BCUT2D eigenvalue weighted by Crippen LogP contribution is 2.66. The minimum atomic E-state index is -0.132. The monoisotopic (exact) mass is 1010 g/mol. The van der Waals surface area contributed by atoms with E-state index < -0.39 is 0 Å². The van der Waals surface area contributed by atoms with Crippen molar-refractivity contribution in [1.82, 2.24) is 9.55 Å². The lowest BCUT2D eigenvalue weighted by atomic mass is 9.33. The van der Waals surface area contributed by atoms with Crippen molar-refractivity contribution in [2.45, 2.75) is 116 Å². The first kappa shape index (κ1) is 48.1. The highest BCUT2D eigenvalue weighted by molar-refractivity contribution is 6.77. The maximum Gasteiger partial charge on any atom is 0.316 e. The van der Waals surface area contributed by atoms with Crippen LogP contribution in [0.1, 0.15) is 122 Å². The van der Waals surface area contributed by atoms with Crippen LogP contribution in [0, 0.1) is 23.7 Å². The van der Waals surface area contributed by atoms with Gasteiger partial charge in [-0.15, -0.1) is 0 Å². The Labute approximate surface area is 456 Å². The molecule has 7 aliphatic rings. The van der Waals surface area contributed by atoms with Gasteiger partial charge < -0.3 is 19.3 Å². The number of pyridine rings is 1. The van der Waals surface area contributed by atoms with Crippen molar-refractivity contribution in [2.24, 2.45) is 23.7 Å². The molecule has 0 unspecified atom stereocenters. The van der Waals surface area contributed by atoms with Crippen LogP contribution in [0.3, 0.4) is 0 Å².